The fourth-order valence-corrected chi connectivity index (χ4v) is 5.08. The van der Waals surface area contributed by atoms with E-state index in [1.54, 1.807) is 0 Å². The van der Waals surface area contributed by atoms with Crippen molar-refractivity contribution in [2.75, 3.05) is 13.7 Å². The standard InChI is InChI=1S/C27H25NO6/c1-32-24(30)25-18-26(21-13-7-3-8-14-21,22-15-9-4-10-16-22)33-34-27(25,31)23(29)28(19-25)17-20-11-5-2-6-12-20/h2-16,31H,17-19H2,1H3. The number of methoxy groups -OCH3 is 1. The summed E-state index contributed by atoms with van der Waals surface area (Å²) in [5.74, 6) is -4.00. The van der Waals surface area contributed by atoms with Crippen LogP contribution in [-0.2, 0) is 36.2 Å². The number of aliphatic hydroxyl groups is 1. The molecule has 0 bridgehead atoms. The van der Waals surface area contributed by atoms with Crippen molar-refractivity contribution >= 4 is 11.9 Å². The van der Waals surface area contributed by atoms with E-state index in [1.165, 1.54) is 12.0 Å². The quantitative estimate of drug-likeness (QED) is 0.466. The Morgan fingerprint density at radius 2 is 1.44 bits per heavy atom. The molecule has 2 aliphatic heterocycles. The molecule has 0 spiro atoms. The summed E-state index contributed by atoms with van der Waals surface area (Å²) in [6.45, 7) is 0.114. The molecule has 1 amide bonds. The van der Waals surface area contributed by atoms with Gasteiger partial charge in [-0.15, -0.1) is 0 Å². The van der Waals surface area contributed by atoms with Crippen LogP contribution in [0.4, 0.5) is 0 Å². The normalized spacial score (nSPS) is 25.6. The van der Waals surface area contributed by atoms with E-state index in [2.05, 4.69) is 0 Å². The molecule has 0 saturated carbocycles. The maximum absolute atomic E-state index is 13.4. The number of hydrogen-bond acceptors (Lipinski definition) is 6. The fourth-order valence-electron chi connectivity index (χ4n) is 5.08. The van der Waals surface area contributed by atoms with Crippen LogP contribution in [0.15, 0.2) is 91.0 Å². The van der Waals surface area contributed by atoms with Crippen molar-refractivity contribution in [1.29, 1.82) is 0 Å². The van der Waals surface area contributed by atoms with Gasteiger partial charge in [0.1, 0.15) is 0 Å². The molecule has 7 nitrogen and oxygen atoms in total. The molecule has 0 aliphatic carbocycles. The van der Waals surface area contributed by atoms with Crippen molar-refractivity contribution in [3.05, 3.63) is 108 Å². The highest BCUT2D eigenvalue weighted by molar-refractivity contribution is 5.96. The Hall–Kier alpha value is -3.52. The Kier molecular flexibility index (Phi) is 5.48. The monoisotopic (exact) mass is 459 g/mol. The second-order valence-corrected chi connectivity index (χ2v) is 8.77. The predicted octanol–water partition coefficient (Wildman–Crippen LogP) is 3.17. The van der Waals surface area contributed by atoms with Gasteiger partial charge in [0, 0.05) is 19.5 Å². The van der Waals surface area contributed by atoms with E-state index >= 15 is 0 Å². The van der Waals surface area contributed by atoms with E-state index in [4.69, 9.17) is 14.5 Å². The minimum absolute atomic E-state index is 0.0613. The first-order valence-electron chi connectivity index (χ1n) is 11.1. The molecular weight excluding hydrogens is 434 g/mol. The smallest absolute Gasteiger partial charge is 0.320 e. The third kappa shape index (κ3) is 3.24. The summed E-state index contributed by atoms with van der Waals surface area (Å²) in [4.78, 5) is 39.8. The average Bonchev–Trinajstić information content (AvgIpc) is 3.11. The van der Waals surface area contributed by atoms with Gasteiger partial charge in [-0.2, -0.15) is 4.89 Å². The molecule has 3 aromatic rings. The van der Waals surface area contributed by atoms with E-state index in [9.17, 15) is 14.7 Å². The maximum atomic E-state index is 13.4. The third-order valence-electron chi connectivity index (χ3n) is 6.81. The number of benzene rings is 3. The van der Waals surface area contributed by atoms with Crippen molar-refractivity contribution in [2.24, 2.45) is 5.41 Å². The van der Waals surface area contributed by atoms with Gasteiger partial charge >= 0.3 is 5.97 Å². The minimum Gasteiger partial charge on any atom is -0.468 e. The Balaban J connectivity index is 1.64. The van der Waals surface area contributed by atoms with Crippen LogP contribution >= 0.6 is 0 Å². The number of amides is 1. The number of esters is 1. The zero-order chi connectivity index (χ0) is 23.8. The number of carbonyl (C=O) groups is 2. The van der Waals surface area contributed by atoms with Crippen LogP contribution in [0.5, 0.6) is 0 Å². The van der Waals surface area contributed by atoms with E-state index in [0.29, 0.717) is 0 Å². The summed E-state index contributed by atoms with van der Waals surface area (Å²) in [5, 5.41) is 11.6. The third-order valence-corrected chi connectivity index (χ3v) is 6.81. The van der Waals surface area contributed by atoms with Crippen LogP contribution in [0.3, 0.4) is 0 Å². The van der Waals surface area contributed by atoms with E-state index in [0.717, 1.165) is 16.7 Å². The lowest BCUT2D eigenvalue weighted by atomic mass is 9.67. The Morgan fingerprint density at radius 3 is 1.97 bits per heavy atom. The van der Waals surface area contributed by atoms with Crippen molar-refractivity contribution in [3.63, 3.8) is 0 Å². The van der Waals surface area contributed by atoms with Crippen LogP contribution in [0.2, 0.25) is 0 Å². The molecule has 7 heteroatoms. The van der Waals surface area contributed by atoms with E-state index in [1.807, 2.05) is 91.0 Å². The lowest BCUT2D eigenvalue weighted by Gasteiger charge is -2.48. The molecule has 0 aromatic heterocycles. The zero-order valence-electron chi connectivity index (χ0n) is 18.7. The molecule has 2 unspecified atom stereocenters. The number of rotatable bonds is 5. The Morgan fingerprint density at radius 1 is 0.912 bits per heavy atom. The van der Waals surface area contributed by atoms with Crippen molar-refractivity contribution < 1.29 is 29.2 Å². The first-order chi connectivity index (χ1) is 16.5. The van der Waals surface area contributed by atoms with Gasteiger partial charge in [-0.1, -0.05) is 91.0 Å². The van der Waals surface area contributed by atoms with Crippen molar-refractivity contribution in [1.82, 2.24) is 4.90 Å². The first-order valence-corrected chi connectivity index (χ1v) is 11.1. The summed E-state index contributed by atoms with van der Waals surface area (Å²) in [6.07, 6.45) is -0.0613. The lowest BCUT2D eigenvalue weighted by Crippen LogP contribution is -2.63. The molecule has 34 heavy (non-hydrogen) atoms. The van der Waals surface area contributed by atoms with Crippen LogP contribution in [0.25, 0.3) is 0 Å². The van der Waals surface area contributed by atoms with E-state index < -0.39 is 28.7 Å². The second-order valence-electron chi connectivity index (χ2n) is 8.77. The number of ether oxygens (including phenoxy) is 1. The number of fused-ring (bicyclic) bond motifs is 1. The van der Waals surface area contributed by atoms with Crippen LogP contribution in [0.1, 0.15) is 23.1 Å². The van der Waals surface area contributed by atoms with Crippen LogP contribution in [-0.4, -0.2) is 41.3 Å². The first kappa shape index (κ1) is 22.3. The van der Waals surface area contributed by atoms with E-state index in [-0.39, 0.29) is 19.5 Å². The number of likely N-dealkylation sites (tertiary alicyclic amines) is 1. The van der Waals surface area contributed by atoms with Gasteiger partial charge in [0.05, 0.1) is 7.11 Å². The minimum atomic E-state index is -2.53. The van der Waals surface area contributed by atoms with Gasteiger partial charge < -0.3 is 14.7 Å². The fraction of sp³-hybridized carbons (Fsp3) is 0.259. The molecule has 0 radical (unpaired) electrons. The molecule has 2 fully saturated rings. The molecule has 2 heterocycles. The Labute approximate surface area is 197 Å². The largest absolute Gasteiger partial charge is 0.468 e. The van der Waals surface area contributed by atoms with Gasteiger partial charge in [-0.05, 0) is 16.7 Å². The van der Waals surface area contributed by atoms with Crippen LogP contribution in [0, 0.1) is 5.41 Å². The van der Waals surface area contributed by atoms with Gasteiger partial charge in [0.2, 0.25) is 0 Å². The van der Waals surface area contributed by atoms with Gasteiger partial charge in [-0.3, -0.25) is 9.59 Å². The maximum Gasteiger partial charge on any atom is 0.320 e. The summed E-state index contributed by atoms with van der Waals surface area (Å²) < 4.78 is 5.16. The summed E-state index contributed by atoms with van der Waals surface area (Å²) in [5.41, 5.74) is -0.679. The highest BCUT2D eigenvalue weighted by Crippen LogP contribution is 2.57. The Bertz CT molecular complexity index is 1150. The predicted molar refractivity (Wildman–Crippen MR) is 122 cm³/mol. The van der Waals surface area contributed by atoms with Gasteiger partial charge in [0.25, 0.3) is 11.7 Å². The lowest BCUT2D eigenvalue weighted by molar-refractivity contribution is -0.488. The number of nitrogens with zero attached hydrogens (tertiary/aromatic N) is 1. The molecule has 2 aliphatic rings. The molecule has 3 aromatic carbocycles. The van der Waals surface area contributed by atoms with Gasteiger partial charge in [0.15, 0.2) is 11.0 Å². The zero-order valence-corrected chi connectivity index (χ0v) is 18.7. The number of carbonyl (C=O) groups excluding carboxylic acids is 2. The van der Waals surface area contributed by atoms with Crippen molar-refractivity contribution in [3.8, 4) is 0 Å². The molecule has 174 valence electrons. The summed E-state index contributed by atoms with van der Waals surface area (Å²) >= 11 is 0. The van der Waals surface area contributed by atoms with Crippen molar-refractivity contribution in [2.45, 2.75) is 24.4 Å². The number of hydrogen-bond donors (Lipinski definition) is 1. The summed E-state index contributed by atoms with van der Waals surface area (Å²) in [6, 6.07) is 28.0. The molecule has 5 rings (SSSR count). The van der Waals surface area contributed by atoms with Gasteiger partial charge in [-0.25, -0.2) is 4.89 Å². The molecule has 1 N–H and O–H groups in total. The molecule has 2 saturated heterocycles. The summed E-state index contributed by atoms with van der Waals surface area (Å²) in [7, 11) is 1.24. The van der Waals surface area contributed by atoms with Crippen LogP contribution < -0.4 is 0 Å². The molecular formula is C27H25NO6. The topological polar surface area (TPSA) is 85.3 Å². The second kappa shape index (κ2) is 8.36. The molecule has 2 atom stereocenters. The highest BCUT2D eigenvalue weighted by atomic mass is 17.2. The SMILES string of the molecule is COC(=O)C12CN(Cc3ccccc3)C(=O)C1(O)OOC(c1ccccc1)(c1ccccc1)C2. The highest BCUT2D eigenvalue weighted by Gasteiger charge is 2.75. The average molecular weight is 459 g/mol.